The Bertz CT molecular complexity index is 1090. The van der Waals surface area contributed by atoms with E-state index in [1.807, 2.05) is 12.1 Å². The fourth-order valence-electron chi connectivity index (χ4n) is 3.06. The quantitative estimate of drug-likeness (QED) is 0.440. The van der Waals surface area contributed by atoms with Crippen molar-refractivity contribution in [2.75, 3.05) is 15.5 Å². The van der Waals surface area contributed by atoms with Gasteiger partial charge in [0.05, 0.1) is 0 Å². The summed E-state index contributed by atoms with van der Waals surface area (Å²) in [5.41, 5.74) is 1.75. The zero-order chi connectivity index (χ0) is 22.7. The van der Waals surface area contributed by atoms with Gasteiger partial charge in [0, 0.05) is 29.3 Å². The highest BCUT2D eigenvalue weighted by atomic mass is 35.5. The maximum absolute atomic E-state index is 12.2. The molecule has 2 amide bonds. The lowest BCUT2D eigenvalue weighted by Crippen LogP contribution is -2.21. The summed E-state index contributed by atoms with van der Waals surface area (Å²) in [6.45, 7) is 0. The second kappa shape index (κ2) is 8.91. The molecule has 1 aliphatic rings. The molecule has 0 bridgehead atoms. The number of ether oxygens (including phenoxy) is 1. The average molecular weight is 464 g/mol. The highest BCUT2D eigenvalue weighted by Gasteiger charge is 2.32. The molecule has 0 aliphatic heterocycles. The number of rotatable bonds is 6. The van der Waals surface area contributed by atoms with Crippen molar-refractivity contribution in [1.29, 1.82) is 0 Å². The molecule has 11 heteroatoms. The van der Waals surface area contributed by atoms with Gasteiger partial charge in [-0.1, -0.05) is 0 Å². The molecule has 1 fully saturated rings. The largest absolute Gasteiger partial charge is 0.573 e. The summed E-state index contributed by atoms with van der Waals surface area (Å²) in [5.74, 6) is 0.327. The summed E-state index contributed by atoms with van der Waals surface area (Å²) < 4.78 is 40.5. The van der Waals surface area contributed by atoms with Crippen LogP contribution in [0.4, 0.5) is 40.8 Å². The van der Waals surface area contributed by atoms with Crippen molar-refractivity contribution in [2.24, 2.45) is 0 Å². The number of amides is 2. The minimum absolute atomic E-state index is 0.168. The van der Waals surface area contributed by atoms with Crippen LogP contribution in [0.3, 0.4) is 0 Å². The number of nitrogens with one attached hydrogen (secondary N) is 2. The number of aromatic nitrogens is 2. The van der Waals surface area contributed by atoms with Crippen LogP contribution in [-0.2, 0) is 0 Å². The predicted molar refractivity (Wildman–Crippen MR) is 114 cm³/mol. The minimum atomic E-state index is -4.77. The second-order valence-corrected chi connectivity index (χ2v) is 7.32. The van der Waals surface area contributed by atoms with Gasteiger partial charge in [0.2, 0.25) is 5.28 Å². The Morgan fingerprint density at radius 3 is 2.12 bits per heavy atom. The first-order valence-corrected chi connectivity index (χ1v) is 9.96. The van der Waals surface area contributed by atoms with Crippen LogP contribution in [0.25, 0.3) is 0 Å². The number of benzene rings is 2. The van der Waals surface area contributed by atoms with Gasteiger partial charge >= 0.3 is 12.4 Å². The van der Waals surface area contributed by atoms with Crippen molar-refractivity contribution in [1.82, 2.24) is 9.97 Å². The van der Waals surface area contributed by atoms with Gasteiger partial charge < -0.3 is 20.3 Å². The van der Waals surface area contributed by atoms with Gasteiger partial charge in [-0.05, 0) is 79.0 Å². The van der Waals surface area contributed by atoms with E-state index in [0.29, 0.717) is 23.2 Å². The Balaban J connectivity index is 1.38. The molecule has 0 spiro atoms. The van der Waals surface area contributed by atoms with E-state index in [9.17, 15) is 18.0 Å². The molecule has 0 radical (unpaired) electrons. The number of hydrogen-bond donors (Lipinski definition) is 2. The van der Waals surface area contributed by atoms with E-state index in [2.05, 4.69) is 30.2 Å². The zero-order valence-corrected chi connectivity index (χ0v) is 17.2. The average Bonchev–Trinajstić information content (AvgIpc) is 3.55. The number of hydrogen-bond acceptors (Lipinski definition) is 5. The van der Waals surface area contributed by atoms with Crippen LogP contribution in [0, 0.1) is 0 Å². The van der Waals surface area contributed by atoms with Crippen molar-refractivity contribution in [2.45, 2.75) is 25.2 Å². The molecule has 0 atom stereocenters. The predicted octanol–water partition coefficient (Wildman–Crippen LogP) is 5.97. The number of carbonyl (C=O) groups excluding carboxylic acids is 1. The summed E-state index contributed by atoms with van der Waals surface area (Å²) >= 11 is 5.93. The number of anilines is 4. The molecule has 7 nitrogen and oxygen atoms in total. The van der Waals surface area contributed by atoms with Gasteiger partial charge in [0.1, 0.15) is 11.6 Å². The van der Waals surface area contributed by atoms with Crippen molar-refractivity contribution in [3.63, 3.8) is 0 Å². The fourth-order valence-corrected chi connectivity index (χ4v) is 3.20. The molecule has 166 valence electrons. The highest BCUT2D eigenvalue weighted by molar-refractivity contribution is 6.28. The van der Waals surface area contributed by atoms with E-state index >= 15 is 0 Å². The summed E-state index contributed by atoms with van der Waals surface area (Å²) in [7, 11) is 0. The SMILES string of the molecule is O=C(Nc1ccc(OC(F)(F)F)cc1)Nc1ccc(N(c2ccnc(Cl)n2)C2CC2)cc1. The van der Waals surface area contributed by atoms with Crippen molar-refractivity contribution in [3.05, 3.63) is 66.1 Å². The molecule has 2 N–H and O–H groups in total. The number of halogens is 4. The van der Waals surface area contributed by atoms with Crippen LogP contribution in [0.5, 0.6) is 5.75 Å². The monoisotopic (exact) mass is 463 g/mol. The Hall–Kier alpha value is -3.53. The van der Waals surface area contributed by atoms with Crippen LogP contribution in [-0.4, -0.2) is 28.4 Å². The van der Waals surface area contributed by atoms with Crippen LogP contribution in [0.2, 0.25) is 5.28 Å². The normalized spacial score (nSPS) is 13.4. The maximum atomic E-state index is 12.2. The molecule has 1 aromatic heterocycles. The molecule has 32 heavy (non-hydrogen) atoms. The molecular formula is C21H17ClF3N5O2. The summed E-state index contributed by atoms with van der Waals surface area (Å²) in [6.07, 6.45) is -1.09. The summed E-state index contributed by atoms with van der Waals surface area (Å²) in [5, 5.41) is 5.39. The van der Waals surface area contributed by atoms with Gasteiger partial charge in [0.15, 0.2) is 0 Å². The lowest BCUT2D eigenvalue weighted by Gasteiger charge is -2.23. The first-order valence-electron chi connectivity index (χ1n) is 9.58. The lowest BCUT2D eigenvalue weighted by molar-refractivity contribution is -0.274. The summed E-state index contributed by atoms with van der Waals surface area (Å²) in [6, 6.07) is 13.6. The first-order chi connectivity index (χ1) is 15.3. The molecule has 4 rings (SSSR count). The third kappa shape index (κ3) is 5.79. The molecule has 1 heterocycles. The van der Waals surface area contributed by atoms with E-state index in [4.69, 9.17) is 11.6 Å². The molecule has 1 saturated carbocycles. The van der Waals surface area contributed by atoms with E-state index in [-0.39, 0.29) is 11.0 Å². The standard InChI is InChI=1S/C21H17ClF3N5O2/c22-19-26-12-11-18(29-19)30(16-7-8-16)15-5-1-13(2-6-15)27-20(31)28-14-3-9-17(10-4-14)32-21(23,24)25/h1-6,9-12,16H,7-8H2,(H2,27,28,31). The number of alkyl halides is 3. The number of carbonyl (C=O) groups is 1. The molecule has 3 aromatic rings. The zero-order valence-electron chi connectivity index (χ0n) is 16.4. The topological polar surface area (TPSA) is 79.4 Å². The smallest absolute Gasteiger partial charge is 0.406 e. The van der Waals surface area contributed by atoms with Crippen LogP contribution in [0.1, 0.15) is 12.8 Å². The van der Waals surface area contributed by atoms with Gasteiger partial charge in [-0.15, -0.1) is 13.2 Å². The third-order valence-corrected chi connectivity index (χ3v) is 4.70. The third-order valence-electron chi connectivity index (χ3n) is 4.52. The van der Waals surface area contributed by atoms with E-state index in [0.717, 1.165) is 30.7 Å². The Labute approximate surface area is 186 Å². The molecular weight excluding hydrogens is 447 g/mol. The van der Waals surface area contributed by atoms with E-state index in [1.165, 1.54) is 12.1 Å². The fraction of sp³-hybridized carbons (Fsp3) is 0.190. The second-order valence-electron chi connectivity index (χ2n) is 6.98. The number of nitrogens with zero attached hydrogens (tertiary/aromatic N) is 3. The Morgan fingerprint density at radius 1 is 1.00 bits per heavy atom. The van der Waals surface area contributed by atoms with E-state index < -0.39 is 12.4 Å². The molecule has 0 unspecified atom stereocenters. The van der Waals surface area contributed by atoms with Gasteiger partial charge in [-0.2, -0.15) is 0 Å². The highest BCUT2D eigenvalue weighted by Crippen LogP contribution is 2.37. The van der Waals surface area contributed by atoms with Gasteiger partial charge in [-0.25, -0.2) is 14.8 Å². The first kappa shape index (κ1) is 21.7. The molecule has 1 aliphatic carbocycles. The van der Waals surface area contributed by atoms with Crippen LogP contribution >= 0.6 is 11.6 Å². The van der Waals surface area contributed by atoms with Crippen molar-refractivity contribution >= 4 is 40.5 Å². The lowest BCUT2D eigenvalue weighted by atomic mass is 10.2. The van der Waals surface area contributed by atoms with Crippen LogP contribution < -0.4 is 20.3 Å². The Morgan fingerprint density at radius 2 is 1.59 bits per heavy atom. The van der Waals surface area contributed by atoms with Crippen molar-refractivity contribution in [3.8, 4) is 5.75 Å². The van der Waals surface area contributed by atoms with Crippen molar-refractivity contribution < 1.29 is 22.7 Å². The van der Waals surface area contributed by atoms with Crippen LogP contribution in [0.15, 0.2) is 60.8 Å². The maximum Gasteiger partial charge on any atom is 0.573 e. The Kier molecular flexibility index (Phi) is 6.04. The van der Waals surface area contributed by atoms with Gasteiger partial charge in [-0.3, -0.25) is 0 Å². The van der Waals surface area contributed by atoms with E-state index in [1.54, 1.807) is 24.4 Å². The molecule has 2 aromatic carbocycles. The molecule has 0 saturated heterocycles. The number of urea groups is 1. The summed E-state index contributed by atoms with van der Waals surface area (Å²) in [4.78, 5) is 22.5. The minimum Gasteiger partial charge on any atom is -0.406 e. The van der Waals surface area contributed by atoms with Gasteiger partial charge in [0.25, 0.3) is 0 Å².